The van der Waals surface area contributed by atoms with Gasteiger partial charge in [-0.15, -0.1) is 0 Å². The molecule has 0 aliphatic heterocycles. The average molecular weight is 538 g/mol. The number of phenolic OH excluding ortho intramolecular Hbond substituents is 1. The molecule has 0 bridgehead atoms. The fourth-order valence-electron chi connectivity index (χ4n) is 4.23. The van der Waals surface area contributed by atoms with Crippen LogP contribution < -0.4 is 21.5 Å². The number of carbonyl (C=O) groups is 2. The van der Waals surface area contributed by atoms with E-state index in [2.05, 4.69) is 19.2 Å². The van der Waals surface area contributed by atoms with Crippen molar-refractivity contribution in [3.63, 3.8) is 0 Å². The number of nitrogens with one attached hydrogen (secondary N) is 1. The number of primary amides is 1. The van der Waals surface area contributed by atoms with Crippen LogP contribution in [0.1, 0.15) is 66.4 Å². The van der Waals surface area contributed by atoms with Crippen molar-refractivity contribution in [2.24, 2.45) is 40.6 Å². The highest BCUT2D eigenvalue weighted by Gasteiger charge is 2.32. The Morgan fingerprint density at radius 2 is 1.74 bits per heavy atom. The first-order valence-electron chi connectivity index (χ1n) is 13.6. The van der Waals surface area contributed by atoms with Crippen LogP contribution in [0.5, 0.6) is 11.5 Å². The molecule has 1 rings (SSSR count). The summed E-state index contributed by atoms with van der Waals surface area (Å²) in [6.45, 7) is 12.6. The third kappa shape index (κ3) is 11.2. The summed E-state index contributed by atoms with van der Waals surface area (Å²) >= 11 is 0. The molecule has 0 saturated carbocycles. The third-order valence-electron chi connectivity index (χ3n) is 7.29. The van der Waals surface area contributed by atoms with Crippen LogP contribution in [0.4, 0.5) is 0 Å². The predicted octanol–water partition coefficient (Wildman–Crippen LogP) is 2.99. The van der Waals surface area contributed by atoms with Gasteiger partial charge in [0.05, 0.1) is 18.1 Å². The Morgan fingerprint density at radius 1 is 1.08 bits per heavy atom. The smallest absolute Gasteiger partial charge is 0.224 e. The SMILES string of the molecule is COCCCOc1cc(C[C@@H](C[C@H](N)[C@@H](O)C[C@H](C(=O)NCC(C)(C)C(N)=O)C(C)C)C(C)C)ccc1O. The van der Waals surface area contributed by atoms with Crippen molar-refractivity contribution in [1.82, 2.24) is 5.32 Å². The molecule has 1 aromatic carbocycles. The first kappa shape index (κ1) is 33.7. The number of aliphatic hydroxyl groups is 1. The summed E-state index contributed by atoms with van der Waals surface area (Å²) in [4.78, 5) is 24.5. The zero-order valence-electron chi connectivity index (χ0n) is 24.3. The highest BCUT2D eigenvalue weighted by Crippen LogP contribution is 2.31. The summed E-state index contributed by atoms with van der Waals surface area (Å²) in [5, 5.41) is 24.0. The molecular weight excluding hydrogens is 486 g/mol. The number of nitrogens with two attached hydrogens (primary N) is 2. The van der Waals surface area contributed by atoms with E-state index in [1.54, 1.807) is 27.0 Å². The van der Waals surface area contributed by atoms with Gasteiger partial charge in [0.2, 0.25) is 11.8 Å². The van der Waals surface area contributed by atoms with Gasteiger partial charge in [-0.2, -0.15) is 0 Å². The quantitative estimate of drug-likeness (QED) is 0.180. The summed E-state index contributed by atoms with van der Waals surface area (Å²) in [7, 11) is 1.64. The van der Waals surface area contributed by atoms with E-state index < -0.39 is 29.4 Å². The fourth-order valence-corrected chi connectivity index (χ4v) is 4.23. The standard InChI is InChI=1S/C29H51N3O6/c1-18(2)21(13-20-9-10-24(33)26(14-20)38-12-8-11-37-7)15-23(30)25(34)16-22(19(3)4)27(35)32-17-29(5,6)28(31)36/h9-10,14,18-19,21-23,25,33-34H,8,11-13,15-17,30H2,1-7H3,(H2,31,36)(H,32,35)/t21-,22-,23-,25-/m0/s1. The fraction of sp³-hybridized carbons (Fsp3) is 0.724. The van der Waals surface area contributed by atoms with Crippen molar-refractivity contribution < 1.29 is 29.3 Å². The highest BCUT2D eigenvalue weighted by molar-refractivity contribution is 5.83. The number of phenols is 1. The second-order valence-corrected chi connectivity index (χ2v) is 11.7. The Hall–Kier alpha value is -2.36. The normalized spacial score (nSPS) is 15.2. The molecule has 0 fully saturated rings. The number of amides is 2. The number of aliphatic hydroxyl groups excluding tert-OH is 1. The Labute approximate surface area is 228 Å². The molecule has 4 atom stereocenters. The number of ether oxygens (including phenoxy) is 2. The van der Waals surface area contributed by atoms with Crippen molar-refractivity contribution in [3.8, 4) is 11.5 Å². The van der Waals surface area contributed by atoms with Gasteiger partial charge in [-0.05, 0) is 68.6 Å². The largest absolute Gasteiger partial charge is 0.504 e. The molecule has 0 aliphatic carbocycles. The molecule has 0 unspecified atom stereocenters. The zero-order valence-corrected chi connectivity index (χ0v) is 24.3. The molecule has 1 aromatic rings. The second-order valence-electron chi connectivity index (χ2n) is 11.7. The minimum Gasteiger partial charge on any atom is -0.504 e. The van der Waals surface area contributed by atoms with Gasteiger partial charge < -0.3 is 36.5 Å². The predicted molar refractivity (Wildman–Crippen MR) is 150 cm³/mol. The van der Waals surface area contributed by atoms with Crippen molar-refractivity contribution in [2.45, 2.75) is 79.4 Å². The van der Waals surface area contributed by atoms with Crippen molar-refractivity contribution in [2.75, 3.05) is 26.9 Å². The number of rotatable bonds is 18. The van der Waals surface area contributed by atoms with Gasteiger partial charge in [0.15, 0.2) is 11.5 Å². The number of hydrogen-bond acceptors (Lipinski definition) is 7. The topological polar surface area (TPSA) is 157 Å². The molecule has 0 radical (unpaired) electrons. The first-order valence-corrected chi connectivity index (χ1v) is 13.6. The molecular formula is C29H51N3O6. The van der Waals surface area contributed by atoms with Gasteiger partial charge in [0, 0.05) is 38.6 Å². The van der Waals surface area contributed by atoms with Crippen LogP contribution in [0.25, 0.3) is 0 Å². The maximum atomic E-state index is 12.9. The molecule has 0 spiro atoms. The number of carbonyl (C=O) groups excluding carboxylic acids is 2. The second kappa shape index (κ2) is 15.9. The van der Waals surface area contributed by atoms with E-state index in [0.29, 0.717) is 37.7 Å². The molecule has 9 nitrogen and oxygen atoms in total. The van der Waals surface area contributed by atoms with E-state index in [1.165, 1.54) is 0 Å². The summed E-state index contributed by atoms with van der Waals surface area (Å²) in [6, 6.07) is 4.85. The lowest BCUT2D eigenvalue weighted by molar-refractivity contribution is -0.130. The lowest BCUT2D eigenvalue weighted by atomic mass is 9.80. The summed E-state index contributed by atoms with van der Waals surface area (Å²) in [5.74, 6) is -0.169. The number of benzene rings is 1. The van der Waals surface area contributed by atoms with Crippen LogP contribution in [0.2, 0.25) is 0 Å². The Morgan fingerprint density at radius 3 is 2.29 bits per heavy atom. The van der Waals surface area contributed by atoms with Gasteiger partial charge in [0.1, 0.15) is 0 Å². The summed E-state index contributed by atoms with van der Waals surface area (Å²) < 4.78 is 10.8. The summed E-state index contributed by atoms with van der Waals surface area (Å²) in [5.41, 5.74) is 12.0. The number of aromatic hydroxyl groups is 1. The van der Waals surface area contributed by atoms with Gasteiger partial charge in [-0.1, -0.05) is 33.8 Å². The Kier molecular flexibility index (Phi) is 14.1. The van der Waals surface area contributed by atoms with Gasteiger partial charge in [-0.3, -0.25) is 9.59 Å². The lowest BCUT2D eigenvalue weighted by Crippen LogP contribution is -2.46. The zero-order chi connectivity index (χ0) is 29.0. The van der Waals surface area contributed by atoms with Crippen molar-refractivity contribution in [1.29, 1.82) is 0 Å². The lowest BCUT2D eigenvalue weighted by Gasteiger charge is -2.30. The van der Waals surface area contributed by atoms with Crippen molar-refractivity contribution in [3.05, 3.63) is 23.8 Å². The Bertz CT molecular complexity index is 874. The highest BCUT2D eigenvalue weighted by atomic mass is 16.5. The maximum Gasteiger partial charge on any atom is 0.224 e. The third-order valence-corrected chi connectivity index (χ3v) is 7.29. The van der Waals surface area contributed by atoms with Crippen LogP contribution in [0.3, 0.4) is 0 Å². The maximum absolute atomic E-state index is 12.9. The minimum absolute atomic E-state index is 0.0197. The summed E-state index contributed by atoms with van der Waals surface area (Å²) in [6.07, 6.45) is 1.37. The molecule has 0 heterocycles. The van der Waals surface area contributed by atoms with E-state index in [9.17, 15) is 19.8 Å². The molecule has 218 valence electrons. The van der Waals surface area contributed by atoms with E-state index in [1.807, 2.05) is 26.0 Å². The van der Waals surface area contributed by atoms with Crippen LogP contribution in [0, 0.1) is 29.1 Å². The van der Waals surface area contributed by atoms with Crippen LogP contribution in [-0.4, -0.2) is 61.0 Å². The van der Waals surface area contributed by atoms with Crippen LogP contribution in [-0.2, 0) is 20.7 Å². The molecule has 0 aliphatic rings. The van der Waals surface area contributed by atoms with E-state index in [4.69, 9.17) is 20.9 Å². The first-order chi connectivity index (χ1) is 17.7. The van der Waals surface area contributed by atoms with E-state index >= 15 is 0 Å². The molecule has 38 heavy (non-hydrogen) atoms. The van der Waals surface area contributed by atoms with Crippen LogP contribution in [0.15, 0.2) is 18.2 Å². The van der Waals surface area contributed by atoms with Gasteiger partial charge in [0.25, 0.3) is 0 Å². The monoisotopic (exact) mass is 537 g/mol. The minimum atomic E-state index is -0.863. The Balaban J connectivity index is 2.82. The molecule has 9 heteroatoms. The molecule has 2 amide bonds. The van der Waals surface area contributed by atoms with Gasteiger partial charge >= 0.3 is 0 Å². The number of hydrogen-bond donors (Lipinski definition) is 5. The molecule has 0 saturated heterocycles. The van der Waals surface area contributed by atoms with E-state index in [-0.39, 0.29) is 36.5 Å². The average Bonchev–Trinajstić information content (AvgIpc) is 2.84. The van der Waals surface area contributed by atoms with E-state index in [0.717, 1.165) is 12.0 Å². The van der Waals surface area contributed by atoms with Crippen LogP contribution >= 0.6 is 0 Å². The molecule has 7 N–H and O–H groups in total. The number of methoxy groups -OCH3 is 1. The van der Waals surface area contributed by atoms with Crippen molar-refractivity contribution >= 4 is 11.8 Å². The van der Waals surface area contributed by atoms with Gasteiger partial charge in [-0.25, -0.2) is 0 Å². The molecule has 0 aromatic heterocycles.